The Morgan fingerprint density at radius 2 is 2.20 bits per heavy atom. The quantitative estimate of drug-likeness (QED) is 0.922. The molecule has 1 atom stereocenters. The minimum absolute atomic E-state index is 0.0820. The van der Waals surface area contributed by atoms with E-state index in [1.54, 1.807) is 13.2 Å². The Hall–Kier alpha value is -0.0900. The summed E-state index contributed by atoms with van der Waals surface area (Å²) in [7, 11) is 1.58. The fourth-order valence-corrected chi connectivity index (χ4v) is 2.41. The fraction of sp³-hybridized carbons (Fsp3) is 0.455. The molecule has 0 saturated heterocycles. The van der Waals surface area contributed by atoms with E-state index in [2.05, 4.69) is 15.9 Å². The van der Waals surface area contributed by atoms with Crippen molar-refractivity contribution in [3.63, 3.8) is 0 Å². The Kier molecular flexibility index (Phi) is 4.59. The molecule has 1 unspecified atom stereocenters. The zero-order valence-electron chi connectivity index (χ0n) is 8.76. The molecule has 0 amide bonds. The van der Waals surface area contributed by atoms with Crippen molar-refractivity contribution in [2.24, 2.45) is 0 Å². The zero-order valence-corrected chi connectivity index (χ0v) is 11.1. The van der Waals surface area contributed by atoms with Gasteiger partial charge < -0.3 is 9.84 Å². The summed E-state index contributed by atoms with van der Waals surface area (Å²) in [5.74, 6) is 0. The van der Waals surface area contributed by atoms with Crippen molar-refractivity contribution in [2.75, 3.05) is 13.7 Å². The van der Waals surface area contributed by atoms with Crippen LogP contribution < -0.4 is 0 Å². The summed E-state index contributed by atoms with van der Waals surface area (Å²) >= 11 is 9.47. The largest absolute Gasteiger partial charge is 0.393 e. The van der Waals surface area contributed by atoms with Gasteiger partial charge >= 0.3 is 0 Å². The van der Waals surface area contributed by atoms with Gasteiger partial charge in [-0.3, -0.25) is 0 Å². The molecule has 0 spiro atoms. The van der Waals surface area contributed by atoms with Gasteiger partial charge in [0.25, 0.3) is 0 Å². The molecule has 1 N–H and O–H groups in total. The van der Waals surface area contributed by atoms with Crippen LogP contribution in [0.2, 0.25) is 5.02 Å². The third kappa shape index (κ3) is 2.53. The standard InChI is InChI=1S/C11H14BrClO2/c1-3-11(7-14,15-2)9-5-4-8(12)6-10(9)13/h4-6,14H,3,7H2,1-2H3. The van der Waals surface area contributed by atoms with Crippen LogP contribution in [0.25, 0.3) is 0 Å². The molecule has 0 aliphatic rings. The van der Waals surface area contributed by atoms with Gasteiger partial charge in [0.05, 0.1) is 6.61 Å². The first-order valence-electron chi connectivity index (χ1n) is 4.71. The van der Waals surface area contributed by atoms with Gasteiger partial charge in [0, 0.05) is 22.2 Å². The Balaban J connectivity index is 3.22. The number of hydrogen-bond donors (Lipinski definition) is 1. The molecular formula is C11H14BrClO2. The summed E-state index contributed by atoms with van der Waals surface area (Å²) in [6, 6.07) is 5.56. The molecule has 84 valence electrons. The molecule has 0 aliphatic heterocycles. The summed E-state index contributed by atoms with van der Waals surface area (Å²) in [5.41, 5.74) is 0.123. The minimum Gasteiger partial charge on any atom is -0.393 e. The molecule has 15 heavy (non-hydrogen) atoms. The number of hydrogen-bond acceptors (Lipinski definition) is 2. The molecule has 0 radical (unpaired) electrons. The molecule has 0 fully saturated rings. The van der Waals surface area contributed by atoms with Crippen LogP contribution in [0, 0.1) is 0 Å². The van der Waals surface area contributed by atoms with Crippen LogP contribution >= 0.6 is 27.5 Å². The summed E-state index contributed by atoms with van der Waals surface area (Å²) in [5, 5.41) is 10.0. The number of aliphatic hydroxyl groups is 1. The molecule has 4 heteroatoms. The second-order valence-corrected chi connectivity index (χ2v) is 4.66. The predicted octanol–water partition coefficient (Wildman–Crippen LogP) is 3.35. The average Bonchev–Trinajstić information content (AvgIpc) is 2.23. The van der Waals surface area contributed by atoms with Crippen LogP contribution in [0.4, 0.5) is 0 Å². The Morgan fingerprint density at radius 3 is 2.60 bits per heavy atom. The van der Waals surface area contributed by atoms with Crippen LogP contribution in [0.1, 0.15) is 18.9 Å². The van der Waals surface area contributed by atoms with Gasteiger partial charge in [0.2, 0.25) is 0 Å². The smallest absolute Gasteiger partial charge is 0.117 e. The van der Waals surface area contributed by atoms with E-state index < -0.39 is 5.60 Å². The molecule has 0 saturated carbocycles. The summed E-state index contributed by atoms with van der Waals surface area (Å²) in [6.07, 6.45) is 0.668. The van der Waals surface area contributed by atoms with Crippen molar-refractivity contribution in [2.45, 2.75) is 18.9 Å². The number of methoxy groups -OCH3 is 1. The summed E-state index contributed by atoms with van der Waals surface area (Å²) in [4.78, 5) is 0. The number of benzene rings is 1. The highest BCUT2D eigenvalue weighted by atomic mass is 79.9. The van der Waals surface area contributed by atoms with E-state index in [1.807, 2.05) is 19.1 Å². The first-order valence-corrected chi connectivity index (χ1v) is 5.88. The van der Waals surface area contributed by atoms with E-state index >= 15 is 0 Å². The number of halogens is 2. The van der Waals surface area contributed by atoms with Crippen molar-refractivity contribution >= 4 is 27.5 Å². The number of aliphatic hydroxyl groups excluding tert-OH is 1. The summed E-state index contributed by atoms with van der Waals surface area (Å²) in [6.45, 7) is 1.87. The predicted molar refractivity (Wildman–Crippen MR) is 65.2 cm³/mol. The van der Waals surface area contributed by atoms with E-state index in [0.717, 1.165) is 10.0 Å². The van der Waals surface area contributed by atoms with Crippen molar-refractivity contribution in [1.82, 2.24) is 0 Å². The lowest BCUT2D eigenvalue weighted by molar-refractivity contribution is -0.0598. The molecule has 1 aromatic rings. The SMILES string of the molecule is CCC(CO)(OC)c1ccc(Br)cc1Cl. The van der Waals surface area contributed by atoms with Gasteiger partial charge in [0.1, 0.15) is 5.60 Å². The normalized spacial score (nSPS) is 15.0. The van der Waals surface area contributed by atoms with Gasteiger partial charge in [-0.15, -0.1) is 0 Å². The van der Waals surface area contributed by atoms with Crippen LogP contribution in [-0.2, 0) is 10.3 Å². The molecule has 2 nitrogen and oxygen atoms in total. The van der Waals surface area contributed by atoms with Crippen LogP contribution in [0.5, 0.6) is 0 Å². The second-order valence-electron chi connectivity index (χ2n) is 3.33. The van der Waals surface area contributed by atoms with E-state index in [1.165, 1.54) is 0 Å². The molecule has 1 rings (SSSR count). The van der Waals surface area contributed by atoms with Gasteiger partial charge in [-0.1, -0.05) is 40.5 Å². The van der Waals surface area contributed by atoms with E-state index in [4.69, 9.17) is 16.3 Å². The van der Waals surface area contributed by atoms with Crippen LogP contribution in [0.15, 0.2) is 22.7 Å². The molecule has 0 aromatic heterocycles. The van der Waals surface area contributed by atoms with E-state index in [0.29, 0.717) is 11.4 Å². The Bertz CT molecular complexity index is 329. The van der Waals surface area contributed by atoms with Gasteiger partial charge in [-0.05, 0) is 18.6 Å². The van der Waals surface area contributed by atoms with Gasteiger partial charge in [-0.2, -0.15) is 0 Å². The van der Waals surface area contributed by atoms with Crippen molar-refractivity contribution < 1.29 is 9.84 Å². The van der Waals surface area contributed by atoms with Crippen LogP contribution in [-0.4, -0.2) is 18.8 Å². The van der Waals surface area contributed by atoms with Gasteiger partial charge in [-0.25, -0.2) is 0 Å². The maximum absolute atomic E-state index is 9.43. The Labute approximate surface area is 103 Å². The van der Waals surface area contributed by atoms with Crippen molar-refractivity contribution in [3.05, 3.63) is 33.3 Å². The number of rotatable bonds is 4. The molecule has 0 bridgehead atoms. The maximum atomic E-state index is 9.43. The highest BCUT2D eigenvalue weighted by molar-refractivity contribution is 9.10. The molecule has 0 heterocycles. The molecule has 0 aliphatic carbocycles. The topological polar surface area (TPSA) is 29.5 Å². The number of ether oxygens (including phenoxy) is 1. The lowest BCUT2D eigenvalue weighted by atomic mass is 9.91. The van der Waals surface area contributed by atoms with Crippen LogP contribution in [0.3, 0.4) is 0 Å². The lowest BCUT2D eigenvalue weighted by Gasteiger charge is -2.30. The highest BCUT2D eigenvalue weighted by Gasteiger charge is 2.31. The van der Waals surface area contributed by atoms with E-state index in [9.17, 15) is 5.11 Å². The zero-order chi connectivity index (χ0) is 11.5. The Morgan fingerprint density at radius 1 is 1.53 bits per heavy atom. The monoisotopic (exact) mass is 292 g/mol. The first-order chi connectivity index (χ1) is 7.09. The minimum atomic E-state index is -0.697. The third-order valence-corrected chi connectivity index (χ3v) is 3.45. The van der Waals surface area contributed by atoms with Crippen molar-refractivity contribution in [3.8, 4) is 0 Å². The highest BCUT2D eigenvalue weighted by Crippen LogP contribution is 2.35. The first kappa shape index (κ1) is 13.0. The maximum Gasteiger partial charge on any atom is 0.117 e. The second kappa shape index (κ2) is 5.30. The summed E-state index contributed by atoms with van der Waals surface area (Å²) < 4.78 is 6.31. The molecular weight excluding hydrogens is 279 g/mol. The third-order valence-electron chi connectivity index (χ3n) is 2.64. The molecule has 1 aromatic carbocycles. The van der Waals surface area contributed by atoms with Gasteiger partial charge in [0.15, 0.2) is 0 Å². The fourth-order valence-electron chi connectivity index (χ4n) is 1.57. The lowest BCUT2D eigenvalue weighted by Crippen LogP contribution is -2.32. The van der Waals surface area contributed by atoms with Crippen molar-refractivity contribution in [1.29, 1.82) is 0 Å². The average molecular weight is 294 g/mol. The van der Waals surface area contributed by atoms with E-state index in [-0.39, 0.29) is 6.61 Å².